The van der Waals surface area contributed by atoms with Crippen molar-refractivity contribution in [2.24, 2.45) is 5.16 Å². The Morgan fingerprint density at radius 1 is 1.17 bits per heavy atom. The molecule has 2 amide bonds. The lowest BCUT2D eigenvalue weighted by Crippen LogP contribution is -2.47. The van der Waals surface area contributed by atoms with Gasteiger partial charge in [0.25, 0.3) is 5.91 Å². The number of benzene rings is 2. The highest BCUT2D eigenvalue weighted by Crippen LogP contribution is 2.23. The number of carbonyl (C=O) groups excluding carboxylic acids is 2. The van der Waals surface area contributed by atoms with Crippen molar-refractivity contribution in [2.75, 3.05) is 20.2 Å². The number of oxime groups is 1. The van der Waals surface area contributed by atoms with Crippen LogP contribution in [0.2, 0.25) is 0 Å². The van der Waals surface area contributed by atoms with Gasteiger partial charge in [-0.1, -0.05) is 47.6 Å². The minimum absolute atomic E-state index is 0.125. The van der Waals surface area contributed by atoms with Gasteiger partial charge in [0.15, 0.2) is 0 Å². The fraction of sp³-hybridized carbons (Fsp3) is 0.318. The third kappa shape index (κ3) is 5.00. The molecule has 0 saturated carbocycles. The molecular weight excluding hydrogens is 370 g/mol. The molecule has 0 aliphatic carbocycles. The van der Waals surface area contributed by atoms with Crippen molar-refractivity contribution in [1.29, 1.82) is 0 Å². The minimum atomic E-state index is -0.691. The molecule has 0 radical (unpaired) electrons. The molecule has 2 aromatic rings. The molecule has 0 aromatic heterocycles. The molecule has 0 spiro atoms. The second kappa shape index (κ2) is 9.34. The van der Waals surface area contributed by atoms with Gasteiger partial charge in [-0.2, -0.15) is 0 Å². The maximum absolute atomic E-state index is 13.1. The molecule has 7 heteroatoms. The quantitative estimate of drug-likeness (QED) is 0.733. The Hall–Kier alpha value is -3.19. The topological polar surface area (TPSA) is 91.2 Å². The van der Waals surface area contributed by atoms with E-state index in [9.17, 15) is 14.7 Å². The second-order valence-corrected chi connectivity index (χ2v) is 7.03. The summed E-state index contributed by atoms with van der Waals surface area (Å²) < 4.78 is 0. The van der Waals surface area contributed by atoms with Gasteiger partial charge in [0.1, 0.15) is 13.2 Å². The van der Waals surface area contributed by atoms with Crippen LogP contribution in [0.4, 0.5) is 0 Å². The van der Waals surface area contributed by atoms with E-state index in [-0.39, 0.29) is 24.9 Å². The number of rotatable bonds is 6. The van der Waals surface area contributed by atoms with Crippen molar-refractivity contribution < 1.29 is 19.5 Å². The van der Waals surface area contributed by atoms with Crippen molar-refractivity contribution in [3.8, 4) is 11.1 Å². The van der Waals surface area contributed by atoms with Crippen LogP contribution in [0.25, 0.3) is 11.1 Å². The molecule has 1 saturated heterocycles. The molecular formula is C22H25N3O4. The molecule has 2 aromatic carbocycles. The summed E-state index contributed by atoms with van der Waals surface area (Å²) in [6.07, 6.45) is -0.366. The average molecular weight is 395 g/mol. The van der Waals surface area contributed by atoms with E-state index in [0.29, 0.717) is 17.7 Å². The van der Waals surface area contributed by atoms with Crippen molar-refractivity contribution in [1.82, 2.24) is 10.2 Å². The molecule has 29 heavy (non-hydrogen) atoms. The van der Waals surface area contributed by atoms with E-state index >= 15 is 0 Å². The van der Waals surface area contributed by atoms with Gasteiger partial charge >= 0.3 is 0 Å². The molecule has 2 N–H and O–H groups in total. The zero-order valence-electron chi connectivity index (χ0n) is 16.5. The molecule has 0 bridgehead atoms. The average Bonchev–Trinajstić information content (AvgIpc) is 3.16. The second-order valence-electron chi connectivity index (χ2n) is 7.03. The minimum Gasteiger partial charge on any atom is -0.399 e. The summed E-state index contributed by atoms with van der Waals surface area (Å²) in [7, 11) is 1.43. The Balaban J connectivity index is 1.79. The first-order valence-electron chi connectivity index (χ1n) is 9.50. The van der Waals surface area contributed by atoms with Crippen LogP contribution in [-0.2, 0) is 9.63 Å². The van der Waals surface area contributed by atoms with Gasteiger partial charge in [0.05, 0.1) is 18.4 Å². The van der Waals surface area contributed by atoms with Crippen LogP contribution in [-0.4, -0.2) is 59.9 Å². The van der Waals surface area contributed by atoms with E-state index in [1.807, 2.05) is 42.5 Å². The monoisotopic (exact) mass is 395 g/mol. The number of hydrogen-bond acceptors (Lipinski definition) is 5. The van der Waals surface area contributed by atoms with E-state index < -0.39 is 12.1 Å². The summed E-state index contributed by atoms with van der Waals surface area (Å²) in [6, 6.07) is 16.5. The van der Waals surface area contributed by atoms with E-state index in [1.165, 1.54) is 12.0 Å². The number of carbonyl (C=O) groups is 2. The zero-order valence-corrected chi connectivity index (χ0v) is 16.5. The van der Waals surface area contributed by atoms with E-state index in [2.05, 4.69) is 10.5 Å². The summed E-state index contributed by atoms with van der Waals surface area (Å²) in [4.78, 5) is 32.0. The third-order valence-electron chi connectivity index (χ3n) is 4.75. The molecule has 152 valence electrons. The van der Waals surface area contributed by atoms with Crippen molar-refractivity contribution in [3.05, 3.63) is 60.2 Å². The first-order chi connectivity index (χ1) is 14.0. The maximum atomic E-state index is 13.1. The molecule has 7 nitrogen and oxygen atoms in total. The van der Waals surface area contributed by atoms with Crippen LogP contribution in [0.3, 0.4) is 0 Å². The fourth-order valence-corrected chi connectivity index (χ4v) is 3.32. The predicted molar refractivity (Wildman–Crippen MR) is 110 cm³/mol. The lowest BCUT2D eigenvalue weighted by atomic mass is 10.0. The third-order valence-corrected chi connectivity index (χ3v) is 4.75. The molecule has 1 aliphatic rings. The number of aliphatic hydroxyl groups excluding tert-OH is 1. The summed E-state index contributed by atoms with van der Waals surface area (Å²) >= 11 is 0. The van der Waals surface area contributed by atoms with Gasteiger partial charge in [-0.05, 0) is 30.2 Å². The van der Waals surface area contributed by atoms with E-state index in [1.54, 1.807) is 19.1 Å². The highest BCUT2D eigenvalue weighted by atomic mass is 16.6. The summed E-state index contributed by atoms with van der Waals surface area (Å²) in [5.41, 5.74) is 3.20. The van der Waals surface area contributed by atoms with Gasteiger partial charge in [-0.15, -0.1) is 0 Å². The Kier molecular flexibility index (Phi) is 6.61. The van der Waals surface area contributed by atoms with Gasteiger partial charge in [0.2, 0.25) is 5.91 Å². The first-order valence-corrected chi connectivity index (χ1v) is 9.50. The van der Waals surface area contributed by atoms with Crippen molar-refractivity contribution in [3.63, 3.8) is 0 Å². The molecule has 1 aliphatic heterocycles. The van der Waals surface area contributed by atoms with Crippen LogP contribution in [0.1, 0.15) is 23.7 Å². The van der Waals surface area contributed by atoms with Crippen LogP contribution in [0, 0.1) is 0 Å². The number of nitrogens with zero attached hydrogens (tertiary/aromatic N) is 2. The standard InChI is InChI=1S/C22H25N3O4/c1-15(26)13-23-21(27)20-12-19(24-29-2)14-25(20)22(28)18-10-8-17(9-11-18)16-6-4-3-5-7-16/h3-11,15,20,26H,12-14H2,1-2H3,(H,23,27)/b24-19+. The number of aliphatic hydroxyl groups is 1. The molecule has 3 rings (SSSR count). The molecule has 2 atom stereocenters. The van der Waals surface area contributed by atoms with Crippen LogP contribution in [0.5, 0.6) is 0 Å². The highest BCUT2D eigenvalue weighted by Gasteiger charge is 2.38. The van der Waals surface area contributed by atoms with Crippen molar-refractivity contribution >= 4 is 17.5 Å². The lowest BCUT2D eigenvalue weighted by molar-refractivity contribution is -0.125. The van der Waals surface area contributed by atoms with Crippen LogP contribution >= 0.6 is 0 Å². The Morgan fingerprint density at radius 2 is 1.83 bits per heavy atom. The van der Waals surface area contributed by atoms with Crippen molar-refractivity contribution in [2.45, 2.75) is 25.5 Å². The SMILES string of the molecule is CO/N=C1\CC(C(=O)NCC(C)O)N(C(=O)c2ccc(-c3ccccc3)cc2)C1. The van der Waals surface area contributed by atoms with E-state index in [4.69, 9.17) is 4.84 Å². The lowest BCUT2D eigenvalue weighted by Gasteiger charge is -2.23. The van der Waals surface area contributed by atoms with E-state index in [0.717, 1.165) is 11.1 Å². The van der Waals surface area contributed by atoms with Crippen LogP contribution < -0.4 is 5.32 Å². The first kappa shape index (κ1) is 20.5. The maximum Gasteiger partial charge on any atom is 0.254 e. The summed E-state index contributed by atoms with van der Waals surface area (Å²) in [5.74, 6) is -0.565. The van der Waals surface area contributed by atoms with Gasteiger partial charge in [-0.25, -0.2) is 0 Å². The van der Waals surface area contributed by atoms with Gasteiger partial charge in [-0.3, -0.25) is 9.59 Å². The van der Waals surface area contributed by atoms with Crippen LogP contribution in [0.15, 0.2) is 59.8 Å². The smallest absolute Gasteiger partial charge is 0.254 e. The molecule has 2 unspecified atom stereocenters. The largest absolute Gasteiger partial charge is 0.399 e. The predicted octanol–water partition coefficient (Wildman–Crippen LogP) is 2.07. The Labute approximate surface area is 170 Å². The Morgan fingerprint density at radius 3 is 2.45 bits per heavy atom. The zero-order chi connectivity index (χ0) is 20.8. The summed E-state index contributed by atoms with van der Waals surface area (Å²) in [6.45, 7) is 1.93. The highest BCUT2D eigenvalue weighted by molar-refractivity contribution is 6.05. The van der Waals surface area contributed by atoms with Gasteiger partial charge in [0, 0.05) is 18.5 Å². The normalized spacial score (nSPS) is 18.5. The summed E-state index contributed by atoms with van der Waals surface area (Å²) in [5, 5.41) is 16.0. The van der Waals surface area contributed by atoms with Gasteiger partial charge < -0.3 is 20.2 Å². The number of nitrogens with one attached hydrogen (secondary N) is 1. The molecule has 1 heterocycles. The Bertz CT molecular complexity index is 879. The number of likely N-dealkylation sites (tertiary alicyclic amines) is 1. The number of hydrogen-bond donors (Lipinski definition) is 2. The molecule has 1 fully saturated rings. The number of amides is 2. The fourth-order valence-electron chi connectivity index (χ4n) is 3.32.